The van der Waals surface area contributed by atoms with Crippen LogP contribution in [0.4, 0.5) is 0 Å². The van der Waals surface area contributed by atoms with Crippen LogP contribution in [0.5, 0.6) is 0 Å². The number of halogens is 2. The molecule has 0 aliphatic rings. The van der Waals surface area contributed by atoms with Crippen molar-refractivity contribution >= 4 is 46.3 Å². The van der Waals surface area contributed by atoms with Crippen LogP contribution in [0, 0.1) is 0 Å². The van der Waals surface area contributed by atoms with Crippen LogP contribution in [0.15, 0.2) is 27.7 Å². The molecule has 0 unspecified atom stereocenters. The molecule has 0 saturated carbocycles. The largest absolute Gasteiger partial charge is 0.391 e. The third-order valence-electron chi connectivity index (χ3n) is 1.68. The highest BCUT2D eigenvalue weighted by atomic mass is 35.5. The van der Waals surface area contributed by atoms with Crippen molar-refractivity contribution in [1.29, 1.82) is 0 Å². The molecule has 2 aromatic heterocycles. The Hall–Kier alpha value is -0.330. The van der Waals surface area contributed by atoms with Crippen molar-refractivity contribution in [3.8, 4) is 0 Å². The van der Waals surface area contributed by atoms with Crippen LogP contribution in [0.3, 0.4) is 0 Å². The highest BCUT2D eigenvalue weighted by Crippen LogP contribution is 2.36. The number of hydrogen-bond acceptors (Lipinski definition) is 5. The first-order valence-electron chi connectivity index (χ1n) is 4.25. The lowest BCUT2D eigenvalue weighted by molar-refractivity contribution is 0.285. The van der Waals surface area contributed by atoms with E-state index in [2.05, 4.69) is 9.97 Å². The van der Waals surface area contributed by atoms with E-state index in [-0.39, 0.29) is 6.61 Å². The molecule has 1 N–H and O–H groups in total. The van der Waals surface area contributed by atoms with Crippen LogP contribution < -0.4 is 0 Å². The van der Waals surface area contributed by atoms with Crippen molar-refractivity contribution in [2.24, 2.45) is 0 Å². The Morgan fingerprint density at radius 3 is 2.88 bits per heavy atom. The van der Waals surface area contributed by atoms with Gasteiger partial charge < -0.3 is 5.11 Å². The third-order valence-corrected chi connectivity index (χ3v) is 4.64. The van der Waals surface area contributed by atoms with Gasteiger partial charge in [0.2, 0.25) is 0 Å². The quantitative estimate of drug-likeness (QED) is 0.941. The molecule has 0 amide bonds. The number of rotatable bonds is 3. The molecule has 0 aliphatic heterocycles. The summed E-state index contributed by atoms with van der Waals surface area (Å²) < 4.78 is 0.717. The monoisotopic (exact) mass is 292 g/mol. The van der Waals surface area contributed by atoms with E-state index in [0.29, 0.717) is 20.1 Å². The average molecular weight is 293 g/mol. The minimum atomic E-state index is -0.104. The average Bonchev–Trinajstić information content (AvgIpc) is 2.62. The van der Waals surface area contributed by atoms with Crippen molar-refractivity contribution < 1.29 is 5.11 Å². The second-order valence-electron chi connectivity index (χ2n) is 2.74. The first kappa shape index (κ1) is 12.1. The number of hydrogen-bond donors (Lipinski definition) is 1. The fourth-order valence-electron chi connectivity index (χ4n) is 0.983. The summed E-state index contributed by atoms with van der Waals surface area (Å²) in [5, 5.41) is 10.6. The van der Waals surface area contributed by atoms with Crippen LogP contribution in [0.25, 0.3) is 0 Å². The molecule has 2 rings (SSSR count). The zero-order chi connectivity index (χ0) is 11.5. The third kappa shape index (κ3) is 2.67. The molecule has 0 spiro atoms. The van der Waals surface area contributed by atoms with Crippen molar-refractivity contribution in [3.63, 3.8) is 0 Å². The first-order valence-corrected chi connectivity index (χ1v) is 6.64. The molecule has 16 heavy (non-hydrogen) atoms. The lowest BCUT2D eigenvalue weighted by atomic mass is 10.5. The fourth-order valence-corrected chi connectivity index (χ4v) is 3.41. The van der Waals surface area contributed by atoms with Gasteiger partial charge in [0, 0.05) is 6.20 Å². The minimum Gasteiger partial charge on any atom is -0.391 e. The summed E-state index contributed by atoms with van der Waals surface area (Å²) in [6, 6.07) is 3.53. The van der Waals surface area contributed by atoms with Gasteiger partial charge in [-0.05, 0) is 23.9 Å². The summed E-state index contributed by atoms with van der Waals surface area (Å²) in [4.78, 5) is 8.89. The maximum absolute atomic E-state index is 8.99. The Kier molecular flexibility index (Phi) is 4.05. The summed E-state index contributed by atoms with van der Waals surface area (Å²) in [7, 11) is 0. The Balaban J connectivity index is 2.24. The zero-order valence-electron chi connectivity index (χ0n) is 7.85. The van der Waals surface area contributed by atoms with Crippen molar-refractivity contribution in [1.82, 2.24) is 9.97 Å². The molecule has 0 aliphatic carbocycles. The highest BCUT2D eigenvalue weighted by Gasteiger charge is 2.11. The van der Waals surface area contributed by atoms with Crippen LogP contribution in [-0.4, -0.2) is 15.1 Å². The molecule has 0 atom stereocenters. The molecule has 0 bridgehead atoms. The summed E-state index contributed by atoms with van der Waals surface area (Å²) in [5.74, 6) is 0. The lowest BCUT2D eigenvalue weighted by Crippen LogP contribution is -1.79. The van der Waals surface area contributed by atoms with Gasteiger partial charge in [0.1, 0.15) is 10.2 Å². The molecule has 0 saturated heterocycles. The van der Waals surface area contributed by atoms with E-state index in [1.54, 1.807) is 18.3 Å². The van der Waals surface area contributed by atoms with Gasteiger partial charge in [-0.1, -0.05) is 23.2 Å². The maximum Gasteiger partial charge on any atom is 0.158 e. The van der Waals surface area contributed by atoms with Gasteiger partial charge in [0.05, 0.1) is 16.5 Å². The summed E-state index contributed by atoms with van der Waals surface area (Å²) in [6.07, 6.45) is 1.66. The van der Waals surface area contributed by atoms with Crippen LogP contribution in [-0.2, 0) is 6.61 Å². The second kappa shape index (κ2) is 5.33. The Morgan fingerprint density at radius 1 is 1.44 bits per heavy atom. The van der Waals surface area contributed by atoms with Gasteiger partial charge in [0.25, 0.3) is 0 Å². The lowest BCUT2D eigenvalue weighted by Gasteiger charge is -1.97. The summed E-state index contributed by atoms with van der Waals surface area (Å²) in [6.45, 7) is -0.104. The predicted octanol–water partition coefficient (Wildman–Crippen LogP) is 3.49. The Labute approximate surface area is 110 Å². The van der Waals surface area contributed by atoms with Gasteiger partial charge in [-0.15, -0.1) is 11.3 Å². The summed E-state index contributed by atoms with van der Waals surface area (Å²) in [5.41, 5.74) is 0. The van der Waals surface area contributed by atoms with Crippen molar-refractivity contribution in [2.45, 2.75) is 16.0 Å². The van der Waals surface area contributed by atoms with E-state index in [9.17, 15) is 0 Å². The standard InChI is InChI=1S/C9H6Cl2N2OS2/c10-5-2-1-3-12-8(5)16-9-13-7(11)6(4-14)15-9/h1-3,14H,4H2. The molecule has 2 heterocycles. The Bertz CT molecular complexity index is 504. The SMILES string of the molecule is OCc1sc(Sc2ncccc2Cl)nc1Cl. The maximum atomic E-state index is 8.99. The smallest absolute Gasteiger partial charge is 0.158 e. The van der Waals surface area contributed by atoms with E-state index >= 15 is 0 Å². The molecule has 3 nitrogen and oxygen atoms in total. The predicted molar refractivity (Wildman–Crippen MR) is 66.4 cm³/mol. The summed E-state index contributed by atoms with van der Waals surface area (Å²) >= 11 is 14.5. The molecular formula is C9H6Cl2N2OS2. The minimum absolute atomic E-state index is 0.104. The van der Waals surface area contributed by atoms with E-state index in [1.165, 1.54) is 23.1 Å². The van der Waals surface area contributed by atoms with E-state index in [4.69, 9.17) is 28.3 Å². The normalized spacial score (nSPS) is 10.7. The van der Waals surface area contributed by atoms with Gasteiger partial charge in [0.15, 0.2) is 4.34 Å². The van der Waals surface area contributed by atoms with Crippen LogP contribution in [0.1, 0.15) is 4.88 Å². The van der Waals surface area contributed by atoms with Crippen molar-refractivity contribution in [2.75, 3.05) is 0 Å². The number of thiazole rings is 1. The van der Waals surface area contributed by atoms with Gasteiger partial charge >= 0.3 is 0 Å². The van der Waals surface area contributed by atoms with E-state index in [0.717, 1.165) is 4.34 Å². The van der Waals surface area contributed by atoms with Crippen LogP contribution >= 0.6 is 46.3 Å². The number of pyridine rings is 1. The molecule has 0 fully saturated rings. The number of aliphatic hydroxyl groups is 1. The first-order chi connectivity index (χ1) is 7.70. The molecule has 0 aromatic carbocycles. The number of aromatic nitrogens is 2. The topological polar surface area (TPSA) is 46.0 Å². The number of nitrogens with zero attached hydrogens (tertiary/aromatic N) is 2. The highest BCUT2D eigenvalue weighted by molar-refractivity contribution is 8.01. The zero-order valence-corrected chi connectivity index (χ0v) is 11.0. The Morgan fingerprint density at radius 2 is 2.25 bits per heavy atom. The number of aliphatic hydroxyl groups excluding tert-OH is 1. The second-order valence-corrected chi connectivity index (χ2v) is 5.83. The van der Waals surface area contributed by atoms with Crippen molar-refractivity contribution in [3.05, 3.63) is 33.4 Å². The van der Waals surface area contributed by atoms with Gasteiger partial charge in [-0.3, -0.25) is 0 Å². The van der Waals surface area contributed by atoms with Gasteiger partial charge in [-0.25, -0.2) is 9.97 Å². The molecule has 84 valence electrons. The van der Waals surface area contributed by atoms with E-state index in [1.807, 2.05) is 0 Å². The fraction of sp³-hybridized carbons (Fsp3) is 0.111. The molecule has 0 radical (unpaired) electrons. The molecule has 2 aromatic rings. The molecular weight excluding hydrogens is 287 g/mol. The van der Waals surface area contributed by atoms with Gasteiger partial charge in [-0.2, -0.15) is 0 Å². The van der Waals surface area contributed by atoms with Crippen LogP contribution in [0.2, 0.25) is 10.2 Å². The van der Waals surface area contributed by atoms with E-state index < -0.39 is 0 Å². The molecule has 7 heteroatoms.